The first kappa shape index (κ1) is 40.6. The molecule has 0 amide bonds. The van der Waals surface area contributed by atoms with E-state index in [1.165, 1.54) is 77.0 Å². The highest BCUT2D eigenvalue weighted by Gasteiger charge is 2.80. The smallest absolute Gasteiger partial charge is 0.179 e. The average molecular weight is 795 g/mol. The summed E-state index contributed by atoms with van der Waals surface area (Å²) in [4.78, 5) is 16.0. The third kappa shape index (κ3) is 7.74. The van der Waals surface area contributed by atoms with Gasteiger partial charge in [0.05, 0.1) is 7.11 Å². The Bertz CT molecular complexity index is 991. The number of rotatable bonds is 11. The van der Waals surface area contributed by atoms with Gasteiger partial charge < -0.3 is 4.80 Å². The first-order chi connectivity index (χ1) is 26.2. The van der Waals surface area contributed by atoms with Crippen molar-refractivity contribution in [2.45, 2.75) is 301 Å². The number of hydrogen-bond acceptors (Lipinski definition) is 1. The van der Waals surface area contributed by atoms with Crippen molar-refractivity contribution in [1.29, 1.82) is 0 Å². The van der Waals surface area contributed by atoms with E-state index >= 15 is 4.80 Å². The van der Waals surface area contributed by atoms with Crippen LogP contribution in [0.2, 0.25) is 44.3 Å². The minimum atomic E-state index is -2.67. The van der Waals surface area contributed by atoms with Crippen molar-refractivity contribution in [2.24, 2.45) is 0 Å². The topological polar surface area (TPSA) is 20.2 Å². The molecule has 8 aliphatic carbocycles. The second-order valence-corrected chi connectivity index (χ2v) is 51.3. The standard InChI is InChI=1S/C48H89OSi4/c49-51(43-29-13-3-14-30-43,44-31-15-4-16-32-44)53(47-37-21-7-22-38-47,48-39-23-8-24-40-48)52(45-33-17-5-18-34-45,46-35-19-6-20-36-46)50(41-25-9-1-10-26-41)42-27-11-2-12-28-42/h41-49H,1-40H2. The SMILES string of the molecule is O[Si](C1CCCCC1)(C1CCCCC1)[Si](C1CCCCC1)(C1CCCCC1)[Si](C1CCCCC1)(C1CCCCC1)[Si](C1CCCCC1)C1CCCCC1. The Morgan fingerprint density at radius 2 is 0.491 bits per heavy atom. The lowest BCUT2D eigenvalue weighted by Gasteiger charge is -2.74. The van der Waals surface area contributed by atoms with Gasteiger partial charge in [0, 0.05) is 15.4 Å². The predicted octanol–water partition coefficient (Wildman–Crippen LogP) is 16.2. The van der Waals surface area contributed by atoms with Crippen molar-refractivity contribution in [3.8, 4) is 0 Å². The van der Waals surface area contributed by atoms with Gasteiger partial charge in [0.2, 0.25) is 0 Å². The quantitative estimate of drug-likeness (QED) is 0.207. The molecule has 0 spiro atoms. The Hall–Kier alpha value is 0.828. The van der Waals surface area contributed by atoms with Crippen molar-refractivity contribution >= 4 is 30.4 Å². The van der Waals surface area contributed by atoms with Crippen LogP contribution in [0.5, 0.6) is 0 Å². The van der Waals surface area contributed by atoms with Crippen molar-refractivity contribution in [1.82, 2.24) is 0 Å². The third-order valence-electron chi connectivity index (χ3n) is 19.4. The molecule has 8 rings (SSSR count). The molecule has 0 aliphatic heterocycles. The summed E-state index contributed by atoms with van der Waals surface area (Å²) in [6.45, 7) is 0. The predicted molar refractivity (Wildman–Crippen MR) is 240 cm³/mol. The van der Waals surface area contributed by atoms with Gasteiger partial charge in [-0.15, -0.1) is 0 Å². The van der Waals surface area contributed by atoms with E-state index in [9.17, 15) is 0 Å². The van der Waals surface area contributed by atoms with Gasteiger partial charge in [-0.3, -0.25) is 0 Å². The van der Waals surface area contributed by atoms with Gasteiger partial charge in [-0.1, -0.05) is 257 Å². The molecule has 0 heterocycles. The van der Waals surface area contributed by atoms with Gasteiger partial charge in [-0.25, -0.2) is 0 Å². The minimum Gasteiger partial charge on any atom is -0.434 e. The van der Waals surface area contributed by atoms with Crippen LogP contribution in [0.3, 0.4) is 0 Å². The van der Waals surface area contributed by atoms with Crippen LogP contribution in [0.4, 0.5) is 0 Å². The Morgan fingerprint density at radius 3 is 0.774 bits per heavy atom. The second-order valence-electron chi connectivity index (χ2n) is 21.7. The summed E-state index contributed by atoms with van der Waals surface area (Å²) in [6.07, 6.45) is 62.8. The molecular weight excluding hydrogens is 705 g/mol. The van der Waals surface area contributed by atoms with E-state index in [0.29, 0.717) is 0 Å². The summed E-state index contributed by atoms with van der Waals surface area (Å²) in [5, 5.41) is 0. The maximum Gasteiger partial charge on any atom is 0.179 e. The fraction of sp³-hybridized carbons (Fsp3) is 1.00. The molecule has 303 valence electrons. The summed E-state index contributed by atoms with van der Waals surface area (Å²) < 4.78 is 0. The largest absolute Gasteiger partial charge is 0.434 e. The highest BCUT2D eigenvalue weighted by Crippen LogP contribution is 2.71. The molecule has 1 radical (unpaired) electrons. The molecule has 0 aromatic rings. The molecule has 53 heavy (non-hydrogen) atoms. The molecule has 0 atom stereocenters. The van der Waals surface area contributed by atoms with Crippen molar-refractivity contribution < 1.29 is 4.80 Å². The summed E-state index contributed by atoms with van der Waals surface area (Å²) in [7, 11) is -7.48. The normalized spacial score (nSPS) is 29.5. The van der Waals surface area contributed by atoms with Crippen LogP contribution in [-0.2, 0) is 0 Å². The van der Waals surface area contributed by atoms with Crippen LogP contribution in [0.25, 0.3) is 0 Å². The second kappa shape index (κ2) is 19.3. The Labute approximate surface area is 334 Å². The van der Waals surface area contributed by atoms with Crippen LogP contribution < -0.4 is 0 Å². The van der Waals surface area contributed by atoms with Gasteiger partial charge in [0.15, 0.2) is 7.83 Å². The highest BCUT2D eigenvalue weighted by atomic mass is 29.8. The van der Waals surface area contributed by atoms with Gasteiger partial charge in [-0.05, 0) is 44.3 Å². The van der Waals surface area contributed by atoms with Gasteiger partial charge in [0.25, 0.3) is 0 Å². The fourth-order valence-electron chi connectivity index (χ4n) is 17.9. The molecule has 8 fully saturated rings. The zero-order valence-electron chi connectivity index (χ0n) is 35.4. The lowest BCUT2D eigenvalue weighted by atomic mass is 9.99. The van der Waals surface area contributed by atoms with E-state index in [4.69, 9.17) is 0 Å². The van der Waals surface area contributed by atoms with Gasteiger partial charge >= 0.3 is 0 Å². The fourth-order valence-corrected chi connectivity index (χ4v) is 110. The van der Waals surface area contributed by atoms with Crippen LogP contribution in [0.15, 0.2) is 0 Å². The first-order valence-corrected chi connectivity index (χ1v) is 36.9. The van der Waals surface area contributed by atoms with Crippen LogP contribution in [-0.4, -0.2) is 35.2 Å². The minimum absolute atomic E-state index is 0.576. The average Bonchev–Trinajstić information content (AvgIpc) is 3.26. The van der Waals surface area contributed by atoms with E-state index in [0.717, 1.165) is 44.3 Å². The lowest BCUT2D eigenvalue weighted by Crippen LogP contribution is -2.91. The van der Waals surface area contributed by atoms with E-state index in [2.05, 4.69) is 0 Å². The summed E-state index contributed by atoms with van der Waals surface area (Å²) in [6, 6.07) is 0. The molecule has 0 unspecified atom stereocenters. The molecule has 0 aromatic carbocycles. The van der Waals surface area contributed by atoms with Crippen molar-refractivity contribution in [3.05, 3.63) is 0 Å². The van der Waals surface area contributed by atoms with Gasteiger partial charge in [-0.2, -0.15) is 0 Å². The van der Waals surface area contributed by atoms with E-state index in [1.807, 2.05) is 0 Å². The lowest BCUT2D eigenvalue weighted by molar-refractivity contribution is 0.381. The summed E-state index contributed by atoms with van der Waals surface area (Å²) >= 11 is 0. The first-order valence-electron chi connectivity index (χ1n) is 25.8. The van der Waals surface area contributed by atoms with Gasteiger partial charge in [0.1, 0.15) is 0 Å². The maximum absolute atomic E-state index is 16.0. The molecule has 0 bridgehead atoms. The highest BCUT2D eigenvalue weighted by molar-refractivity contribution is 7.82. The van der Waals surface area contributed by atoms with E-state index < -0.39 is 30.4 Å². The maximum atomic E-state index is 16.0. The van der Waals surface area contributed by atoms with Crippen LogP contribution in [0, 0.1) is 0 Å². The molecular formula is C48H89OSi4. The molecule has 5 heteroatoms. The Balaban J connectivity index is 1.49. The summed E-state index contributed by atoms with van der Waals surface area (Å²) in [5.74, 6) is 0. The Kier molecular flexibility index (Phi) is 14.8. The molecule has 1 N–H and O–H groups in total. The third-order valence-corrected chi connectivity index (χ3v) is 78.6. The van der Waals surface area contributed by atoms with E-state index in [-0.39, 0.29) is 0 Å². The monoisotopic (exact) mass is 794 g/mol. The van der Waals surface area contributed by atoms with Crippen LogP contribution in [0.1, 0.15) is 257 Å². The molecule has 0 saturated heterocycles. The molecule has 0 aromatic heterocycles. The zero-order valence-corrected chi connectivity index (χ0v) is 39.4. The molecule has 1 nitrogen and oxygen atoms in total. The number of hydrogen-bond donors (Lipinski definition) is 1. The Morgan fingerprint density at radius 1 is 0.264 bits per heavy atom. The van der Waals surface area contributed by atoms with Crippen molar-refractivity contribution in [3.63, 3.8) is 0 Å². The van der Waals surface area contributed by atoms with Crippen molar-refractivity contribution in [2.75, 3.05) is 0 Å². The molecule has 8 aliphatic rings. The van der Waals surface area contributed by atoms with E-state index in [1.54, 1.807) is 180 Å². The molecule has 8 saturated carbocycles. The summed E-state index contributed by atoms with van der Waals surface area (Å²) in [5.41, 5.74) is 8.36. The zero-order chi connectivity index (χ0) is 36.0. The van der Waals surface area contributed by atoms with Crippen LogP contribution >= 0.6 is 0 Å².